The van der Waals surface area contributed by atoms with Crippen molar-refractivity contribution in [2.45, 2.75) is 12.1 Å². The van der Waals surface area contributed by atoms with Crippen LogP contribution in [0.3, 0.4) is 0 Å². The number of benzene rings is 2. The summed E-state index contributed by atoms with van der Waals surface area (Å²) in [5.41, 5.74) is 1.78. The van der Waals surface area contributed by atoms with Gasteiger partial charge in [0.15, 0.2) is 5.16 Å². The van der Waals surface area contributed by atoms with Gasteiger partial charge in [0, 0.05) is 11.6 Å². The summed E-state index contributed by atoms with van der Waals surface area (Å²) in [4.78, 5) is 31.3. The molecule has 1 aromatic heterocycles. The average Bonchev–Trinajstić information content (AvgIpc) is 2.68. The number of aromatic nitrogens is 2. The molecule has 3 aromatic rings. The van der Waals surface area contributed by atoms with Crippen LogP contribution in [0.15, 0.2) is 70.6 Å². The van der Waals surface area contributed by atoms with Gasteiger partial charge in [-0.1, -0.05) is 54.2 Å². The number of hydrogen-bond donors (Lipinski definition) is 2. The Balaban J connectivity index is 1.67. The van der Waals surface area contributed by atoms with E-state index in [1.807, 2.05) is 49.4 Å². The zero-order valence-electron chi connectivity index (χ0n) is 14.8. The molecule has 0 aliphatic rings. The highest BCUT2D eigenvalue weighted by Gasteiger charge is 2.10. The van der Waals surface area contributed by atoms with Crippen molar-refractivity contribution in [3.05, 3.63) is 71.0 Å². The van der Waals surface area contributed by atoms with Crippen molar-refractivity contribution >= 4 is 23.4 Å². The van der Waals surface area contributed by atoms with Crippen LogP contribution in [0.2, 0.25) is 0 Å². The summed E-state index contributed by atoms with van der Waals surface area (Å²) in [6.45, 7) is 2.40. The van der Waals surface area contributed by atoms with E-state index < -0.39 is 0 Å². The Bertz CT molecular complexity index is 973. The number of carbonyl (C=O) groups excluding carboxylic acids is 1. The lowest BCUT2D eigenvalue weighted by molar-refractivity contribution is -0.113. The lowest BCUT2D eigenvalue weighted by Gasteiger charge is -2.11. The van der Waals surface area contributed by atoms with Crippen LogP contribution in [0.1, 0.15) is 6.92 Å². The minimum atomic E-state index is -0.256. The molecule has 0 bridgehead atoms. The fraction of sp³-hybridized carbons (Fsp3) is 0.150. The van der Waals surface area contributed by atoms with Crippen molar-refractivity contribution in [1.82, 2.24) is 9.97 Å². The van der Waals surface area contributed by atoms with E-state index in [9.17, 15) is 9.59 Å². The smallest absolute Gasteiger partial charge is 0.252 e. The van der Waals surface area contributed by atoms with Gasteiger partial charge in [0.05, 0.1) is 23.7 Å². The van der Waals surface area contributed by atoms with E-state index in [0.717, 1.165) is 5.56 Å². The number of aromatic amines is 1. The van der Waals surface area contributed by atoms with Crippen molar-refractivity contribution < 1.29 is 9.53 Å². The van der Waals surface area contributed by atoms with E-state index in [4.69, 9.17) is 4.74 Å². The van der Waals surface area contributed by atoms with Crippen LogP contribution >= 0.6 is 11.8 Å². The third-order valence-corrected chi connectivity index (χ3v) is 4.46. The Morgan fingerprint density at radius 3 is 2.67 bits per heavy atom. The third-order valence-electron chi connectivity index (χ3n) is 3.59. The second-order valence-corrected chi connectivity index (χ2v) is 6.53. The fourth-order valence-corrected chi connectivity index (χ4v) is 3.11. The number of H-pyrrole nitrogens is 1. The van der Waals surface area contributed by atoms with Crippen molar-refractivity contribution in [3.8, 4) is 17.0 Å². The SMILES string of the molecule is CCOc1ccccc1NC(=O)CSc1nc(-c2ccccc2)cc(=O)[nH]1. The maximum absolute atomic E-state index is 12.3. The monoisotopic (exact) mass is 381 g/mol. The summed E-state index contributed by atoms with van der Waals surface area (Å²) in [5, 5.41) is 3.22. The van der Waals surface area contributed by atoms with E-state index >= 15 is 0 Å². The molecule has 1 heterocycles. The Kier molecular flexibility index (Phi) is 6.27. The van der Waals surface area contributed by atoms with E-state index in [1.165, 1.54) is 17.8 Å². The molecule has 7 heteroatoms. The number of nitrogens with zero attached hydrogens (tertiary/aromatic N) is 1. The summed E-state index contributed by atoms with van der Waals surface area (Å²) in [7, 11) is 0. The first-order chi connectivity index (χ1) is 13.2. The Morgan fingerprint density at radius 2 is 1.89 bits per heavy atom. The number of ether oxygens (including phenoxy) is 1. The van der Waals surface area contributed by atoms with E-state index in [2.05, 4.69) is 15.3 Å². The molecule has 0 aliphatic heterocycles. The number of thioether (sulfide) groups is 1. The quantitative estimate of drug-likeness (QED) is 0.483. The first-order valence-electron chi connectivity index (χ1n) is 8.47. The van der Waals surface area contributed by atoms with Gasteiger partial charge in [0.25, 0.3) is 5.56 Å². The molecule has 138 valence electrons. The fourth-order valence-electron chi connectivity index (χ4n) is 2.43. The number of anilines is 1. The maximum Gasteiger partial charge on any atom is 0.252 e. The molecular formula is C20H19N3O3S. The predicted molar refractivity (Wildman–Crippen MR) is 107 cm³/mol. The molecule has 3 rings (SSSR count). The highest BCUT2D eigenvalue weighted by atomic mass is 32.2. The summed E-state index contributed by atoms with van der Waals surface area (Å²) >= 11 is 1.17. The Labute approximate surface area is 161 Å². The van der Waals surface area contributed by atoms with E-state index in [-0.39, 0.29) is 17.2 Å². The van der Waals surface area contributed by atoms with Crippen LogP contribution < -0.4 is 15.6 Å². The molecule has 0 radical (unpaired) electrons. The molecule has 0 unspecified atom stereocenters. The Morgan fingerprint density at radius 1 is 1.15 bits per heavy atom. The molecule has 6 nitrogen and oxygen atoms in total. The van der Waals surface area contributed by atoms with E-state index in [0.29, 0.717) is 28.9 Å². The maximum atomic E-state index is 12.3. The second kappa shape index (κ2) is 9.05. The molecule has 0 fully saturated rings. The summed E-state index contributed by atoms with van der Waals surface area (Å²) in [6, 6.07) is 18.1. The van der Waals surface area contributed by atoms with Crippen LogP contribution in [0, 0.1) is 0 Å². The molecule has 2 N–H and O–H groups in total. The topological polar surface area (TPSA) is 84.1 Å². The molecule has 1 amide bonds. The summed E-state index contributed by atoms with van der Waals surface area (Å²) < 4.78 is 5.50. The normalized spacial score (nSPS) is 10.4. The lowest BCUT2D eigenvalue weighted by Crippen LogP contribution is -2.16. The zero-order valence-corrected chi connectivity index (χ0v) is 15.6. The predicted octanol–water partition coefficient (Wildman–Crippen LogP) is 3.57. The number of carbonyl (C=O) groups is 1. The molecule has 0 spiro atoms. The van der Waals surface area contributed by atoms with Crippen LogP contribution in [-0.2, 0) is 4.79 Å². The first kappa shape index (κ1) is 18.7. The molecular weight excluding hydrogens is 362 g/mol. The number of amides is 1. The minimum absolute atomic E-state index is 0.113. The minimum Gasteiger partial charge on any atom is -0.492 e. The van der Waals surface area contributed by atoms with Crippen LogP contribution in [0.5, 0.6) is 5.75 Å². The van der Waals surface area contributed by atoms with Gasteiger partial charge < -0.3 is 15.0 Å². The van der Waals surface area contributed by atoms with Gasteiger partial charge >= 0.3 is 0 Å². The highest BCUT2D eigenvalue weighted by Crippen LogP contribution is 2.24. The number of hydrogen-bond acceptors (Lipinski definition) is 5. The Hall–Kier alpha value is -3.06. The van der Waals surface area contributed by atoms with Gasteiger partial charge in [-0.2, -0.15) is 0 Å². The summed E-state index contributed by atoms with van der Waals surface area (Å²) in [6.07, 6.45) is 0. The van der Waals surface area contributed by atoms with E-state index in [1.54, 1.807) is 12.1 Å². The van der Waals surface area contributed by atoms with Crippen LogP contribution in [0.25, 0.3) is 11.3 Å². The number of nitrogens with one attached hydrogen (secondary N) is 2. The average molecular weight is 381 g/mol. The molecule has 0 aliphatic carbocycles. The van der Waals surface area contributed by atoms with Crippen molar-refractivity contribution in [2.24, 2.45) is 0 Å². The molecule has 0 saturated heterocycles. The first-order valence-corrected chi connectivity index (χ1v) is 9.45. The molecule has 0 atom stereocenters. The van der Waals surface area contributed by atoms with Gasteiger partial charge in [-0.25, -0.2) is 4.98 Å². The van der Waals surface area contributed by atoms with Gasteiger partial charge in [-0.05, 0) is 19.1 Å². The third kappa shape index (κ3) is 5.21. The number of para-hydroxylation sites is 2. The van der Waals surface area contributed by atoms with Crippen molar-refractivity contribution in [2.75, 3.05) is 17.7 Å². The zero-order chi connectivity index (χ0) is 19.1. The second-order valence-electron chi connectivity index (χ2n) is 5.57. The van der Waals surface area contributed by atoms with Gasteiger partial charge in [-0.3, -0.25) is 9.59 Å². The lowest BCUT2D eigenvalue weighted by atomic mass is 10.1. The van der Waals surface area contributed by atoms with Crippen molar-refractivity contribution in [1.29, 1.82) is 0 Å². The molecule has 2 aromatic carbocycles. The molecule has 0 saturated carbocycles. The van der Waals surface area contributed by atoms with Crippen LogP contribution in [0.4, 0.5) is 5.69 Å². The highest BCUT2D eigenvalue weighted by molar-refractivity contribution is 7.99. The van der Waals surface area contributed by atoms with Gasteiger partial charge in [0.1, 0.15) is 5.75 Å². The van der Waals surface area contributed by atoms with Gasteiger partial charge in [0.2, 0.25) is 5.91 Å². The summed E-state index contributed by atoms with van der Waals surface area (Å²) in [5.74, 6) is 0.526. The standard InChI is InChI=1S/C20H19N3O3S/c1-2-26-17-11-7-6-10-15(17)21-19(25)13-27-20-22-16(12-18(24)23-20)14-8-4-3-5-9-14/h3-12H,2,13H2,1H3,(H,21,25)(H,22,23,24). The van der Waals surface area contributed by atoms with Gasteiger partial charge in [-0.15, -0.1) is 0 Å². The largest absolute Gasteiger partial charge is 0.492 e. The van der Waals surface area contributed by atoms with Crippen molar-refractivity contribution in [3.63, 3.8) is 0 Å². The van der Waals surface area contributed by atoms with Crippen LogP contribution in [-0.4, -0.2) is 28.2 Å². The molecule has 27 heavy (non-hydrogen) atoms. The number of rotatable bonds is 7.